The maximum Gasteiger partial charge on any atom is 0.0704 e. The summed E-state index contributed by atoms with van der Waals surface area (Å²) >= 11 is 0. The van der Waals surface area contributed by atoms with Gasteiger partial charge in [0, 0.05) is 13.2 Å². The van der Waals surface area contributed by atoms with Crippen LogP contribution in [-0.2, 0) is 14.2 Å². The summed E-state index contributed by atoms with van der Waals surface area (Å²) in [7, 11) is 1.67. The zero-order valence-electron chi connectivity index (χ0n) is 11.1. The largest absolute Gasteiger partial charge is 0.382 e. The van der Waals surface area contributed by atoms with Gasteiger partial charge < -0.3 is 19.5 Å². The first-order valence-corrected chi connectivity index (χ1v) is 6.14. The molecule has 0 aliphatic carbocycles. The number of hydrogen-bond acceptors (Lipinski definition) is 4. The highest BCUT2D eigenvalue weighted by atomic mass is 16.5. The van der Waals surface area contributed by atoms with Gasteiger partial charge in [-0.1, -0.05) is 6.92 Å². The van der Waals surface area contributed by atoms with Gasteiger partial charge >= 0.3 is 0 Å². The molecule has 4 nitrogen and oxygen atoms in total. The fourth-order valence-electron chi connectivity index (χ4n) is 1.22. The molecule has 1 N–H and O–H groups in total. The van der Waals surface area contributed by atoms with Gasteiger partial charge in [-0.3, -0.25) is 0 Å². The minimum absolute atomic E-state index is 0.220. The quantitative estimate of drug-likeness (QED) is 0.548. The van der Waals surface area contributed by atoms with Crippen LogP contribution in [0, 0.1) is 0 Å². The lowest BCUT2D eigenvalue weighted by Crippen LogP contribution is -2.38. The summed E-state index contributed by atoms with van der Waals surface area (Å²) < 4.78 is 15.8. The first kappa shape index (κ1) is 15.8. The van der Waals surface area contributed by atoms with Crippen LogP contribution < -0.4 is 5.32 Å². The molecule has 0 heterocycles. The predicted molar refractivity (Wildman–Crippen MR) is 65.9 cm³/mol. The van der Waals surface area contributed by atoms with E-state index in [0.717, 1.165) is 13.0 Å². The lowest BCUT2D eigenvalue weighted by molar-refractivity contribution is -0.0103. The molecule has 0 aromatic rings. The van der Waals surface area contributed by atoms with Crippen molar-refractivity contribution in [3.63, 3.8) is 0 Å². The molecule has 0 saturated carbocycles. The Morgan fingerprint density at radius 1 is 1.06 bits per heavy atom. The van der Waals surface area contributed by atoms with E-state index in [1.165, 1.54) is 0 Å². The summed E-state index contributed by atoms with van der Waals surface area (Å²) in [6.07, 6.45) is 1.37. The van der Waals surface area contributed by atoms with Gasteiger partial charge in [0.2, 0.25) is 0 Å². The summed E-state index contributed by atoms with van der Waals surface area (Å²) in [5.74, 6) is 0. The van der Waals surface area contributed by atoms with Gasteiger partial charge in [0.05, 0.1) is 32.5 Å². The Balaban J connectivity index is 3.31. The van der Waals surface area contributed by atoms with E-state index in [1.807, 2.05) is 0 Å². The van der Waals surface area contributed by atoms with E-state index < -0.39 is 0 Å². The zero-order valence-corrected chi connectivity index (χ0v) is 11.1. The third kappa shape index (κ3) is 9.09. The van der Waals surface area contributed by atoms with Crippen molar-refractivity contribution in [2.75, 3.05) is 40.1 Å². The number of nitrogens with one attached hydrogen (secondary N) is 1. The Kier molecular flexibility index (Phi) is 11.2. The summed E-state index contributed by atoms with van der Waals surface area (Å²) in [6, 6.07) is 0.388. The van der Waals surface area contributed by atoms with Crippen LogP contribution in [0.2, 0.25) is 0 Å². The first-order valence-electron chi connectivity index (χ1n) is 6.14. The Labute approximate surface area is 99.6 Å². The van der Waals surface area contributed by atoms with E-state index in [2.05, 4.69) is 26.1 Å². The maximum atomic E-state index is 5.65. The minimum Gasteiger partial charge on any atom is -0.382 e. The molecule has 0 aliphatic rings. The standard InChI is InChI=1S/C12H27NO3/c1-5-6-13-11(2)12(3)16-10-9-15-8-7-14-4/h11-13H,5-10H2,1-4H3. The Morgan fingerprint density at radius 2 is 1.75 bits per heavy atom. The molecule has 0 fully saturated rings. The van der Waals surface area contributed by atoms with Crippen LogP contribution >= 0.6 is 0 Å². The molecule has 0 amide bonds. The van der Waals surface area contributed by atoms with Crippen molar-refractivity contribution in [3.8, 4) is 0 Å². The number of rotatable bonds is 11. The van der Waals surface area contributed by atoms with Crippen LogP contribution in [0.4, 0.5) is 0 Å². The second-order valence-electron chi connectivity index (χ2n) is 3.92. The lowest BCUT2D eigenvalue weighted by Gasteiger charge is -2.21. The highest BCUT2D eigenvalue weighted by Crippen LogP contribution is 1.98. The number of hydrogen-bond donors (Lipinski definition) is 1. The van der Waals surface area contributed by atoms with Crippen molar-refractivity contribution in [3.05, 3.63) is 0 Å². The van der Waals surface area contributed by atoms with Gasteiger partial charge in [-0.05, 0) is 26.8 Å². The van der Waals surface area contributed by atoms with Crippen molar-refractivity contribution in [2.24, 2.45) is 0 Å². The highest BCUT2D eigenvalue weighted by molar-refractivity contribution is 4.67. The van der Waals surface area contributed by atoms with Crippen LogP contribution in [0.15, 0.2) is 0 Å². The molecule has 2 unspecified atom stereocenters. The first-order chi connectivity index (χ1) is 7.72. The van der Waals surface area contributed by atoms with Crippen LogP contribution in [0.25, 0.3) is 0 Å². The third-order valence-corrected chi connectivity index (χ3v) is 2.46. The molecule has 98 valence electrons. The fraction of sp³-hybridized carbons (Fsp3) is 1.00. The van der Waals surface area contributed by atoms with Gasteiger partial charge in [0.25, 0.3) is 0 Å². The van der Waals surface area contributed by atoms with Gasteiger partial charge in [0.1, 0.15) is 0 Å². The van der Waals surface area contributed by atoms with Crippen LogP contribution in [0.1, 0.15) is 27.2 Å². The summed E-state index contributed by atoms with van der Waals surface area (Å²) in [5.41, 5.74) is 0. The summed E-state index contributed by atoms with van der Waals surface area (Å²) in [4.78, 5) is 0. The second-order valence-corrected chi connectivity index (χ2v) is 3.92. The third-order valence-electron chi connectivity index (χ3n) is 2.46. The summed E-state index contributed by atoms with van der Waals surface area (Å²) in [5, 5.41) is 3.41. The van der Waals surface area contributed by atoms with Crippen molar-refractivity contribution >= 4 is 0 Å². The molecule has 0 saturated heterocycles. The smallest absolute Gasteiger partial charge is 0.0704 e. The van der Waals surface area contributed by atoms with Gasteiger partial charge in [-0.15, -0.1) is 0 Å². The van der Waals surface area contributed by atoms with Crippen molar-refractivity contribution < 1.29 is 14.2 Å². The fourth-order valence-corrected chi connectivity index (χ4v) is 1.22. The monoisotopic (exact) mass is 233 g/mol. The molecule has 0 radical (unpaired) electrons. The molecule has 0 rings (SSSR count). The average Bonchev–Trinajstić information content (AvgIpc) is 2.30. The van der Waals surface area contributed by atoms with E-state index >= 15 is 0 Å². The topological polar surface area (TPSA) is 39.7 Å². The Bertz CT molecular complexity index is 144. The summed E-state index contributed by atoms with van der Waals surface area (Å²) in [6.45, 7) is 9.99. The molecule has 2 atom stereocenters. The molecule has 16 heavy (non-hydrogen) atoms. The normalized spacial score (nSPS) is 15.0. The van der Waals surface area contributed by atoms with E-state index in [1.54, 1.807) is 7.11 Å². The van der Waals surface area contributed by atoms with E-state index in [9.17, 15) is 0 Å². The molecule has 0 aliphatic heterocycles. The molecule has 4 heteroatoms. The van der Waals surface area contributed by atoms with Crippen LogP contribution in [0.3, 0.4) is 0 Å². The van der Waals surface area contributed by atoms with E-state index in [-0.39, 0.29) is 6.10 Å². The average molecular weight is 233 g/mol. The highest BCUT2D eigenvalue weighted by Gasteiger charge is 2.10. The van der Waals surface area contributed by atoms with Gasteiger partial charge in [-0.25, -0.2) is 0 Å². The second kappa shape index (κ2) is 11.3. The van der Waals surface area contributed by atoms with Crippen molar-refractivity contribution in [2.45, 2.75) is 39.3 Å². The Hall–Kier alpha value is -0.160. The zero-order chi connectivity index (χ0) is 12.2. The van der Waals surface area contributed by atoms with Crippen molar-refractivity contribution in [1.29, 1.82) is 0 Å². The Morgan fingerprint density at radius 3 is 2.38 bits per heavy atom. The van der Waals surface area contributed by atoms with E-state index in [4.69, 9.17) is 14.2 Å². The SMILES string of the molecule is CCCNC(C)C(C)OCCOCCOC. The van der Waals surface area contributed by atoms with Gasteiger partial charge in [0.15, 0.2) is 0 Å². The maximum absolute atomic E-state index is 5.65. The number of methoxy groups -OCH3 is 1. The van der Waals surface area contributed by atoms with Crippen LogP contribution in [0.5, 0.6) is 0 Å². The van der Waals surface area contributed by atoms with Gasteiger partial charge in [-0.2, -0.15) is 0 Å². The molecule has 0 aromatic carbocycles. The lowest BCUT2D eigenvalue weighted by atomic mass is 10.2. The molecule has 0 aromatic heterocycles. The molecule has 0 bridgehead atoms. The van der Waals surface area contributed by atoms with Crippen molar-refractivity contribution in [1.82, 2.24) is 5.32 Å². The molecule has 0 spiro atoms. The predicted octanol–water partition coefficient (Wildman–Crippen LogP) is 1.44. The number of ether oxygens (including phenoxy) is 3. The van der Waals surface area contributed by atoms with Crippen LogP contribution in [-0.4, -0.2) is 52.2 Å². The van der Waals surface area contributed by atoms with E-state index in [0.29, 0.717) is 32.5 Å². The molecular weight excluding hydrogens is 206 g/mol. The molecular formula is C12H27NO3. The minimum atomic E-state index is 0.220.